The maximum Gasteiger partial charge on any atom is 0.146 e. The molecule has 0 saturated heterocycles. The van der Waals surface area contributed by atoms with Crippen LogP contribution in [0.3, 0.4) is 0 Å². The third-order valence-corrected chi connectivity index (χ3v) is 2.69. The molecule has 0 spiro atoms. The third-order valence-electron chi connectivity index (χ3n) is 2.69. The molecule has 0 amide bonds. The summed E-state index contributed by atoms with van der Waals surface area (Å²) in [4.78, 5) is 0. The van der Waals surface area contributed by atoms with E-state index in [9.17, 15) is 9.50 Å². The number of para-hydroxylation sites is 1. The molecule has 0 aliphatic carbocycles. The molecule has 1 atom stereocenters. The van der Waals surface area contributed by atoms with Crippen LogP contribution in [-0.2, 0) is 6.54 Å². The number of aryl methyl sites for hydroxylation is 1. The maximum atomic E-state index is 13.5. The Kier molecular flexibility index (Phi) is 3.94. The number of aliphatic hydroxyl groups excluding tert-OH is 1. The van der Waals surface area contributed by atoms with Crippen molar-refractivity contribution in [2.75, 3.05) is 11.9 Å². The molecule has 18 heavy (non-hydrogen) atoms. The van der Waals surface area contributed by atoms with Crippen molar-refractivity contribution in [1.29, 1.82) is 0 Å². The summed E-state index contributed by atoms with van der Waals surface area (Å²) in [5, 5.41) is 16.7. The van der Waals surface area contributed by atoms with E-state index in [2.05, 4.69) is 10.4 Å². The molecular weight excluding hydrogens is 233 g/mol. The highest BCUT2D eigenvalue weighted by Gasteiger charge is 2.09. The fourth-order valence-corrected chi connectivity index (χ4v) is 1.76. The number of nitrogens with zero attached hydrogens (tertiary/aromatic N) is 2. The molecule has 0 fully saturated rings. The second-order valence-electron chi connectivity index (χ2n) is 4.19. The van der Waals surface area contributed by atoms with E-state index in [4.69, 9.17) is 0 Å². The molecule has 1 unspecified atom stereocenters. The number of aliphatic hydroxyl groups is 1. The summed E-state index contributed by atoms with van der Waals surface area (Å²) in [6.07, 6.45) is 2.81. The Labute approximate surface area is 105 Å². The standard InChI is InChI=1S/C13H16FN3O/c1-10-4-2-5-12(14)13(10)15-8-11(18)9-17-7-3-6-16-17/h2-7,11,15,18H,8-9H2,1H3. The largest absolute Gasteiger partial charge is 0.389 e. The van der Waals surface area contributed by atoms with Gasteiger partial charge in [0.1, 0.15) is 5.82 Å². The Morgan fingerprint density at radius 2 is 2.28 bits per heavy atom. The molecule has 2 N–H and O–H groups in total. The van der Waals surface area contributed by atoms with E-state index >= 15 is 0 Å². The van der Waals surface area contributed by atoms with Gasteiger partial charge in [-0.25, -0.2) is 4.39 Å². The number of benzene rings is 1. The highest BCUT2D eigenvalue weighted by Crippen LogP contribution is 2.18. The molecule has 1 aromatic heterocycles. The van der Waals surface area contributed by atoms with Gasteiger partial charge in [0.2, 0.25) is 0 Å². The van der Waals surface area contributed by atoms with E-state index in [1.807, 2.05) is 13.0 Å². The van der Waals surface area contributed by atoms with E-state index in [1.165, 1.54) is 6.07 Å². The number of hydrogen-bond donors (Lipinski definition) is 2. The van der Waals surface area contributed by atoms with Crippen molar-refractivity contribution in [1.82, 2.24) is 9.78 Å². The summed E-state index contributed by atoms with van der Waals surface area (Å²) in [5.74, 6) is -0.304. The highest BCUT2D eigenvalue weighted by molar-refractivity contribution is 5.51. The highest BCUT2D eigenvalue weighted by atomic mass is 19.1. The summed E-state index contributed by atoms with van der Waals surface area (Å²) >= 11 is 0. The molecule has 2 aromatic rings. The summed E-state index contributed by atoms with van der Waals surface area (Å²) in [6.45, 7) is 2.49. The van der Waals surface area contributed by atoms with Crippen LogP contribution in [0, 0.1) is 12.7 Å². The minimum absolute atomic E-state index is 0.279. The van der Waals surface area contributed by atoms with Crippen LogP contribution >= 0.6 is 0 Å². The lowest BCUT2D eigenvalue weighted by Gasteiger charge is -2.15. The van der Waals surface area contributed by atoms with Crippen LogP contribution in [0.25, 0.3) is 0 Å². The lowest BCUT2D eigenvalue weighted by molar-refractivity contribution is 0.161. The maximum absolute atomic E-state index is 13.5. The van der Waals surface area contributed by atoms with Crippen LogP contribution in [0.4, 0.5) is 10.1 Å². The minimum atomic E-state index is -0.621. The zero-order chi connectivity index (χ0) is 13.0. The van der Waals surface area contributed by atoms with Crippen LogP contribution in [0.5, 0.6) is 0 Å². The van der Waals surface area contributed by atoms with Gasteiger partial charge in [0.25, 0.3) is 0 Å². The van der Waals surface area contributed by atoms with Crippen LogP contribution in [0.1, 0.15) is 5.56 Å². The zero-order valence-corrected chi connectivity index (χ0v) is 10.2. The molecule has 4 nitrogen and oxygen atoms in total. The molecule has 96 valence electrons. The second-order valence-corrected chi connectivity index (χ2v) is 4.19. The Morgan fingerprint density at radius 3 is 2.94 bits per heavy atom. The number of rotatable bonds is 5. The number of aromatic nitrogens is 2. The van der Waals surface area contributed by atoms with Gasteiger partial charge < -0.3 is 10.4 Å². The van der Waals surface area contributed by atoms with Gasteiger partial charge in [0.05, 0.1) is 18.3 Å². The quantitative estimate of drug-likeness (QED) is 0.849. The van der Waals surface area contributed by atoms with E-state index in [1.54, 1.807) is 29.2 Å². The summed E-state index contributed by atoms with van der Waals surface area (Å²) in [7, 11) is 0. The minimum Gasteiger partial charge on any atom is -0.389 e. The first kappa shape index (κ1) is 12.6. The molecule has 2 rings (SSSR count). The van der Waals surface area contributed by atoms with Crippen molar-refractivity contribution >= 4 is 5.69 Å². The average Bonchev–Trinajstić information content (AvgIpc) is 2.81. The number of nitrogens with one attached hydrogen (secondary N) is 1. The van der Waals surface area contributed by atoms with E-state index in [0.717, 1.165) is 5.56 Å². The fourth-order valence-electron chi connectivity index (χ4n) is 1.76. The Hall–Kier alpha value is -1.88. The molecule has 0 bridgehead atoms. The van der Waals surface area contributed by atoms with Gasteiger partial charge >= 0.3 is 0 Å². The van der Waals surface area contributed by atoms with Gasteiger partial charge in [0.15, 0.2) is 0 Å². The van der Waals surface area contributed by atoms with Crippen LogP contribution in [0.15, 0.2) is 36.7 Å². The van der Waals surface area contributed by atoms with Gasteiger partial charge in [-0.15, -0.1) is 0 Å². The van der Waals surface area contributed by atoms with E-state index in [0.29, 0.717) is 12.2 Å². The van der Waals surface area contributed by atoms with Crippen molar-refractivity contribution in [2.24, 2.45) is 0 Å². The van der Waals surface area contributed by atoms with Crippen molar-refractivity contribution in [3.8, 4) is 0 Å². The first-order chi connectivity index (χ1) is 8.66. The van der Waals surface area contributed by atoms with Gasteiger partial charge in [0, 0.05) is 18.9 Å². The predicted octanol–water partition coefficient (Wildman–Crippen LogP) is 1.80. The monoisotopic (exact) mass is 249 g/mol. The van der Waals surface area contributed by atoms with Crippen molar-refractivity contribution in [3.63, 3.8) is 0 Å². The number of anilines is 1. The first-order valence-electron chi connectivity index (χ1n) is 5.81. The SMILES string of the molecule is Cc1cccc(F)c1NCC(O)Cn1cccn1. The Bertz CT molecular complexity index is 479. The molecular formula is C13H16FN3O. The normalized spacial score (nSPS) is 12.4. The lowest BCUT2D eigenvalue weighted by atomic mass is 10.2. The Morgan fingerprint density at radius 1 is 1.44 bits per heavy atom. The third kappa shape index (κ3) is 3.07. The van der Waals surface area contributed by atoms with Crippen LogP contribution in [-0.4, -0.2) is 27.5 Å². The summed E-state index contributed by atoms with van der Waals surface area (Å²) in [5.41, 5.74) is 1.26. The zero-order valence-electron chi connectivity index (χ0n) is 10.2. The average molecular weight is 249 g/mol. The number of hydrogen-bond acceptors (Lipinski definition) is 3. The predicted molar refractivity (Wildman–Crippen MR) is 67.9 cm³/mol. The fraction of sp³-hybridized carbons (Fsp3) is 0.308. The van der Waals surface area contributed by atoms with Crippen molar-refractivity contribution < 1.29 is 9.50 Å². The van der Waals surface area contributed by atoms with Crippen LogP contribution < -0.4 is 5.32 Å². The van der Waals surface area contributed by atoms with Gasteiger partial charge in [-0.2, -0.15) is 5.10 Å². The second kappa shape index (κ2) is 5.64. The molecule has 0 saturated carbocycles. The number of halogens is 1. The van der Waals surface area contributed by atoms with Crippen LogP contribution in [0.2, 0.25) is 0 Å². The van der Waals surface area contributed by atoms with Gasteiger partial charge in [-0.1, -0.05) is 12.1 Å². The van der Waals surface area contributed by atoms with E-state index in [-0.39, 0.29) is 12.4 Å². The molecule has 1 heterocycles. The topological polar surface area (TPSA) is 50.1 Å². The Balaban J connectivity index is 1.91. The van der Waals surface area contributed by atoms with E-state index < -0.39 is 6.10 Å². The van der Waals surface area contributed by atoms with Crippen molar-refractivity contribution in [2.45, 2.75) is 19.6 Å². The lowest BCUT2D eigenvalue weighted by Crippen LogP contribution is -2.25. The molecule has 1 aromatic carbocycles. The van der Waals surface area contributed by atoms with Gasteiger partial charge in [-0.3, -0.25) is 4.68 Å². The smallest absolute Gasteiger partial charge is 0.146 e. The van der Waals surface area contributed by atoms with Gasteiger partial charge in [-0.05, 0) is 24.6 Å². The molecule has 0 aliphatic heterocycles. The van der Waals surface area contributed by atoms with Crippen molar-refractivity contribution in [3.05, 3.63) is 48.0 Å². The molecule has 0 aliphatic rings. The first-order valence-corrected chi connectivity index (χ1v) is 5.81. The molecule has 5 heteroatoms. The molecule has 0 radical (unpaired) electrons. The summed E-state index contributed by atoms with van der Waals surface area (Å²) in [6, 6.07) is 6.68. The summed E-state index contributed by atoms with van der Waals surface area (Å²) < 4.78 is 15.2.